The van der Waals surface area contributed by atoms with E-state index in [1.165, 1.54) is 12.1 Å². The smallest absolute Gasteiger partial charge is 0.270 e. The van der Waals surface area contributed by atoms with Gasteiger partial charge in [0.2, 0.25) is 5.95 Å². The number of ether oxygens (including phenoxy) is 1. The summed E-state index contributed by atoms with van der Waals surface area (Å²) >= 11 is 0. The van der Waals surface area contributed by atoms with E-state index in [0.29, 0.717) is 23.3 Å². The van der Waals surface area contributed by atoms with E-state index in [0.717, 1.165) is 18.1 Å². The average molecular weight is 468 g/mol. The lowest BCUT2D eigenvalue weighted by Gasteiger charge is -2.23. The summed E-state index contributed by atoms with van der Waals surface area (Å²) < 4.78 is 34.9. The second-order valence-corrected chi connectivity index (χ2v) is 8.72. The molecule has 0 saturated carbocycles. The van der Waals surface area contributed by atoms with Gasteiger partial charge in [0.25, 0.3) is 11.5 Å². The Hall–Kier alpha value is -3.59. The standard InChI is InChI=1S/C25H27F2N5O2/c1-15(2)21(17-9-11-18(12-10-17)25(3,26)27)32-22-20(23(33)30-24(28)29-22)19(31-32)14-34-13-16-7-5-4-6-8-16/h4-12,15,21H,13-14H2,1-3H3,(H3,28,29,30,33). The maximum Gasteiger partial charge on any atom is 0.270 e. The molecule has 0 spiro atoms. The minimum Gasteiger partial charge on any atom is -0.370 e. The highest BCUT2D eigenvalue weighted by Gasteiger charge is 2.28. The van der Waals surface area contributed by atoms with E-state index in [4.69, 9.17) is 15.6 Å². The number of halogens is 2. The van der Waals surface area contributed by atoms with Gasteiger partial charge in [0.1, 0.15) is 11.1 Å². The predicted octanol–water partition coefficient (Wildman–Crippen LogP) is 4.78. The van der Waals surface area contributed by atoms with Gasteiger partial charge < -0.3 is 10.5 Å². The molecule has 178 valence electrons. The SMILES string of the molecule is CC(C)C(c1ccc(C(C)(F)F)cc1)n1nc(COCc2ccccc2)c2c(=O)[nH]c(N)nc21. The van der Waals surface area contributed by atoms with Crippen LogP contribution in [0.1, 0.15) is 49.2 Å². The van der Waals surface area contributed by atoms with Crippen LogP contribution in [0.4, 0.5) is 14.7 Å². The Balaban J connectivity index is 1.74. The second-order valence-electron chi connectivity index (χ2n) is 8.72. The molecule has 1 atom stereocenters. The first kappa shape index (κ1) is 23.6. The molecular weight excluding hydrogens is 440 g/mol. The lowest BCUT2D eigenvalue weighted by molar-refractivity contribution is 0.0174. The van der Waals surface area contributed by atoms with Gasteiger partial charge in [-0.2, -0.15) is 10.1 Å². The Morgan fingerprint density at radius 1 is 1.09 bits per heavy atom. The van der Waals surface area contributed by atoms with Crippen LogP contribution >= 0.6 is 0 Å². The van der Waals surface area contributed by atoms with Gasteiger partial charge in [-0.1, -0.05) is 68.4 Å². The first-order valence-corrected chi connectivity index (χ1v) is 11.0. The maximum absolute atomic E-state index is 13.7. The fraction of sp³-hybridized carbons (Fsp3) is 0.320. The minimum absolute atomic E-state index is 0.0106. The van der Waals surface area contributed by atoms with Gasteiger partial charge in [0, 0.05) is 12.5 Å². The Morgan fingerprint density at radius 3 is 2.38 bits per heavy atom. The molecule has 2 aromatic carbocycles. The number of aromatic amines is 1. The number of nitrogens with one attached hydrogen (secondary N) is 1. The first-order chi connectivity index (χ1) is 16.1. The number of benzene rings is 2. The number of hydrogen-bond acceptors (Lipinski definition) is 5. The van der Waals surface area contributed by atoms with Gasteiger partial charge in [-0.05, 0) is 17.0 Å². The molecule has 9 heteroatoms. The van der Waals surface area contributed by atoms with Crippen LogP contribution in [0.15, 0.2) is 59.4 Å². The summed E-state index contributed by atoms with van der Waals surface area (Å²) in [5, 5.41) is 4.99. The van der Waals surface area contributed by atoms with Crippen molar-refractivity contribution in [3.05, 3.63) is 87.3 Å². The van der Waals surface area contributed by atoms with Crippen molar-refractivity contribution in [3.8, 4) is 0 Å². The molecule has 4 rings (SSSR count). The minimum atomic E-state index is -2.93. The molecule has 34 heavy (non-hydrogen) atoms. The number of hydrogen-bond donors (Lipinski definition) is 2. The number of aromatic nitrogens is 4. The Labute approximate surface area is 195 Å². The largest absolute Gasteiger partial charge is 0.370 e. The van der Waals surface area contributed by atoms with E-state index in [1.54, 1.807) is 16.8 Å². The predicted molar refractivity (Wildman–Crippen MR) is 126 cm³/mol. The number of nitrogen functional groups attached to an aromatic ring is 1. The zero-order chi connectivity index (χ0) is 24.5. The summed E-state index contributed by atoms with van der Waals surface area (Å²) in [5.41, 5.74) is 7.88. The zero-order valence-electron chi connectivity index (χ0n) is 19.3. The number of alkyl halides is 2. The highest BCUT2D eigenvalue weighted by Crippen LogP contribution is 2.33. The number of fused-ring (bicyclic) bond motifs is 1. The number of rotatable bonds is 8. The molecule has 0 fully saturated rings. The van der Waals surface area contributed by atoms with Crippen LogP contribution in [-0.2, 0) is 23.9 Å². The first-order valence-electron chi connectivity index (χ1n) is 11.0. The Kier molecular flexibility index (Phi) is 6.47. The van der Waals surface area contributed by atoms with E-state index < -0.39 is 11.5 Å². The monoisotopic (exact) mass is 467 g/mol. The molecule has 0 saturated heterocycles. The average Bonchev–Trinajstić information content (AvgIpc) is 3.12. The summed E-state index contributed by atoms with van der Waals surface area (Å²) in [7, 11) is 0. The van der Waals surface area contributed by atoms with E-state index in [2.05, 4.69) is 9.97 Å². The lowest BCUT2D eigenvalue weighted by Crippen LogP contribution is -2.20. The molecule has 0 bridgehead atoms. The fourth-order valence-corrected chi connectivity index (χ4v) is 4.05. The molecule has 1 unspecified atom stereocenters. The van der Waals surface area contributed by atoms with Gasteiger partial charge in [0.15, 0.2) is 5.65 Å². The molecule has 0 aliphatic heterocycles. The highest BCUT2D eigenvalue weighted by atomic mass is 19.3. The van der Waals surface area contributed by atoms with Crippen molar-refractivity contribution in [2.24, 2.45) is 5.92 Å². The van der Waals surface area contributed by atoms with Crippen LogP contribution in [0.5, 0.6) is 0 Å². The molecular formula is C25H27F2N5O2. The van der Waals surface area contributed by atoms with Crippen molar-refractivity contribution in [1.82, 2.24) is 19.7 Å². The molecule has 4 aromatic rings. The van der Waals surface area contributed by atoms with E-state index in [9.17, 15) is 13.6 Å². The Bertz CT molecular complexity index is 1330. The molecule has 2 aromatic heterocycles. The van der Waals surface area contributed by atoms with Crippen LogP contribution in [-0.4, -0.2) is 19.7 Å². The quantitative estimate of drug-likeness (QED) is 0.389. The maximum atomic E-state index is 13.7. The van der Waals surface area contributed by atoms with Gasteiger partial charge in [-0.25, -0.2) is 13.5 Å². The van der Waals surface area contributed by atoms with Crippen molar-refractivity contribution in [2.75, 3.05) is 5.73 Å². The summed E-state index contributed by atoms with van der Waals surface area (Å²) in [6, 6.07) is 15.4. The molecule has 7 nitrogen and oxygen atoms in total. The van der Waals surface area contributed by atoms with Crippen molar-refractivity contribution in [3.63, 3.8) is 0 Å². The van der Waals surface area contributed by atoms with Gasteiger partial charge in [0.05, 0.1) is 19.3 Å². The summed E-state index contributed by atoms with van der Waals surface area (Å²) in [6.45, 7) is 5.30. The molecule has 0 aliphatic rings. The van der Waals surface area contributed by atoms with E-state index >= 15 is 0 Å². The summed E-state index contributed by atoms with van der Waals surface area (Å²) in [4.78, 5) is 19.7. The van der Waals surface area contributed by atoms with Crippen LogP contribution in [0.25, 0.3) is 11.0 Å². The van der Waals surface area contributed by atoms with E-state index in [-0.39, 0.29) is 30.1 Å². The third-order valence-corrected chi connectivity index (χ3v) is 5.66. The van der Waals surface area contributed by atoms with Crippen molar-refractivity contribution >= 4 is 17.0 Å². The molecule has 0 aliphatic carbocycles. The molecule has 0 radical (unpaired) electrons. The van der Waals surface area contributed by atoms with Crippen molar-refractivity contribution < 1.29 is 13.5 Å². The van der Waals surface area contributed by atoms with Crippen molar-refractivity contribution in [2.45, 2.75) is 45.9 Å². The van der Waals surface area contributed by atoms with Crippen LogP contribution in [0, 0.1) is 5.92 Å². The normalized spacial score (nSPS) is 13.0. The van der Waals surface area contributed by atoms with Gasteiger partial charge in [-0.15, -0.1) is 0 Å². The van der Waals surface area contributed by atoms with Gasteiger partial charge >= 0.3 is 0 Å². The zero-order valence-corrected chi connectivity index (χ0v) is 19.3. The van der Waals surface area contributed by atoms with Crippen LogP contribution < -0.4 is 11.3 Å². The fourth-order valence-electron chi connectivity index (χ4n) is 4.05. The Morgan fingerprint density at radius 2 is 1.76 bits per heavy atom. The summed E-state index contributed by atoms with van der Waals surface area (Å²) in [5.74, 6) is -2.95. The molecule has 2 heterocycles. The lowest BCUT2D eigenvalue weighted by atomic mass is 9.94. The molecule has 0 amide bonds. The number of anilines is 1. The summed E-state index contributed by atoms with van der Waals surface area (Å²) in [6.07, 6.45) is 0. The second kappa shape index (κ2) is 9.34. The number of nitrogens with two attached hydrogens (primary N) is 1. The van der Waals surface area contributed by atoms with Crippen molar-refractivity contribution in [1.29, 1.82) is 0 Å². The highest BCUT2D eigenvalue weighted by molar-refractivity contribution is 5.78. The van der Waals surface area contributed by atoms with Crippen LogP contribution in [0.3, 0.4) is 0 Å². The topological polar surface area (TPSA) is 98.8 Å². The third kappa shape index (κ3) is 4.84. The third-order valence-electron chi connectivity index (χ3n) is 5.66. The van der Waals surface area contributed by atoms with Crippen LogP contribution in [0.2, 0.25) is 0 Å². The van der Waals surface area contributed by atoms with E-state index in [1.807, 2.05) is 44.2 Å². The molecule has 3 N–H and O–H groups in total. The number of nitrogens with zero attached hydrogens (tertiary/aromatic N) is 3. The van der Waals surface area contributed by atoms with Gasteiger partial charge in [-0.3, -0.25) is 9.78 Å². The number of H-pyrrole nitrogens is 1.